The number of carbonyl (C=O) groups excluding carboxylic acids is 2. The summed E-state index contributed by atoms with van der Waals surface area (Å²) in [7, 11) is 1.30. The van der Waals surface area contributed by atoms with Gasteiger partial charge < -0.3 is 14.1 Å². The molecule has 0 fully saturated rings. The first-order valence-corrected chi connectivity index (χ1v) is 8.11. The molecule has 0 aliphatic heterocycles. The molecule has 0 saturated carbocycles. The molecule has 3 rings (SSSR count). The van der Waals surface area contributed by atoms with Gasteiger partial charge in [-0.2, -0.15) is 0 Å². The average molecular weight is 354 g/mol. The Bertz CT molecular complexity index is 974. The zero-order valence-corrected chi connectivity index (χ0v) is 14.3. The van der Waals surface area contributed by atoms with Crippen LogP contribution in [0.5, 0.6) is 0 Å². The molecule has 0 atom stereocenters. The van der Waals surface area contributed by atoms with E-state index in [2.05, 4.69) is 4.74 Å². The molecule has 3 aromatic rings. The SMILES string of the molecule is COC(=O)CCN(C(=O)Cn1c(=O)oc2ccccc21)c1ccccc1. The summed E-state index contributed by atoms with van der Waals surface area (Å²) >= 11 is 0. The highest BCUT2D eigenvalue weighted by Gasteiger charge is 2.20. The normalized spacial score (nSPS) is 10.7. The van der Waals surface area contributed by atoms with Crippen LogP contribution in [0.1, 0.15) is 6.42 Å². The number of oxazole rings is 1. The summed E-state index contributed by atoms with van der Waals surface area (Å²) < 4.78 is 11.1. The monoisotopic (exact) mass is 354 g/mol. The van der Waals surface area contributed by atoms with Crippen molar-refractivity contribution in [3.8, 4) is 0 Å². The maximum atomic E-state index is 12.9. The third kappa shape index (κ3) is 3.66. The topological polar surface area (TPSA) is 81.8 Å². The number of nitrogens with zero attached hydrogens (tertiary/aromatic N) is 2. The first-order valence-electron chi connectivity index (χ1n) is 8.11. The number of fused-ring (bicyclic) bond motifs is 1. The fourth-order valence-corrected chi connectivity index (χ4v) is 2.70. The van der Waals surface area contributed by atoms with Gasteiger partial charge >= 0.3 is 11.7 Å². The lowest BCUT2D eigenvalue weighted by Crippen LogP contribution is -2.37. The van der Waals surface area contributed by atoms with E-state index in [1.54, 1.807) is 48.5 Å². The Morgan fingerprint density at radius 1 is 1.08 bits per heavy atom. The van der Waals surface area contributed by atoms with Gasteiger partial charge in [0.05, 0.1) is 19.0 Å². The van der Waals surface area contributed by atoms with Gasteiger partial charge in [0.25, 0.3) is 0 Å². The van der Waals surface area contributed by atoms with Crippen molar-refractivity contribution < 1.29 is 18.7 Å². The van der Waals surface area contributed by atoms with Crippen LogP contribution in [0.4, 0.5) is 5.69 Å². The number of esters is 1. The Balaban J connectivity index is 1.88. The van der Waals surface area contributed by atoms with Gasteiger partial charge in [-0.3, -0.25) is 14.2 Å². The van der Waals surface area contributed by atoms with E-state index in [9.17, 15) is 14.4 Å². The Morgan fingerprint density at radius 3 is 2.50 bits per heavy atom. The van der Waals surface area contributed by atoms with Crippen LogP contribution in [-0.4, -0.2) is 30.1 Å². The minimum absolute atomic E-state index is 0.0537. The summed E-state index contributed by atoms with van der Waals surface area (Å²) in [6.45, 7) is -0.0357. The fraction of sp³-hybridized carbons (Fsp3) is 0.211. The van der Waals surface area contributed by atoms with Gasteiger partial charge in [-0.15, -0.1) is 0 Å². The van der Waals surface area contributed by atoms with Crippen LogP contribution in [-0.2, 0) is 20.9 Å². The van der Waals surface area contributed by atoms with Gasteiger partial charge in [-0.05, 0) is 24.3 Å². The zero-order chi connectivity index (χ0) is 18.5. The third-order valence-corrected chi connectivity index (χ3v) is 4.00. The highest BCUT2D eigenvalue weighted by molar-refractivity contribution is 5.94. The number of amides is 1. The molecule has 0 saturated heterocycles. The molecular formula is C19H18N2O5. The molecule has 1 heterocycles. The quantitative estimate of drug-likeness (QED) is 0.634. The lowest BCUT2D eigenvalue weighted by atomic mass is 10.2. The molecular weight excluding hydrogens is 336 g/mol. The third-order valence-electron chi connectivity index (χ3n) is 4.00. The van der Waals surface area contributed by atoms with Gasteiger partial charge in [-0.1, -0.05) is 30.3 Å². The maximum Gasteiger partial charge on any atom is 0.420 e. The summed E-state index contributed by atoms with van der Waals surface area (Å²) in [6.07, 6.45) is 0.0537. The van der Waals surface area contributed by atoms with Crippen molar-refractivity contribution in [3.63, 3.8) is 0 Å². The predicted molar refractivity (Wildman–Crippen MR) is 95.9 cm³/mol. The number of para-hydroxylation sites is 3. The van der Waals surface area contributed by atoms with Crippen LogP contribution in [0.3, 0.4) is 0 Å². The van der Waals surface area contributed by atoms with Crippen molar-refractivity contribution in [1.29, 1.82) is 0 Å². The predicted octanol–water partition coefficient (Wildman–Crippen LogP) is 2.19. The smallest absolute Gasteiger partial charge is 0.420 e. The number of benzene rings is 2. The van der Waals surface area contributed by atoms with Crippen LogP contribution >= 0.6 is 0 Å². The Morgan fingerprint density at radius 2 is 1.77 bits per heavy atom. The molecule has 0 unspecified atom stereocenters. The summed E-state index contributed by atoms with van der Waals surface area (Å²) in [6, 6.07) is 15.9. The summed E-state index contributed by atoms with van der Waals surface area (Å²) in [5, 5.41) is 0. The first-order chi connectivity index (χ1) is 12.6. The van der Waals surface area contributed by atoms with E-state index in [0.717, 1.165) is 0 Å². The number of carbonyl (C=O) groups is 2. The van der Waals surface area contributed by atoms with E-state index in [-0.39, 0.29) is 25.4 Å². The van der Waals surface area contributed by atoms with E-state index in [1.807, 2.05) is 6.07 Å². The molecule has 0 bridgehead atoms. The fourth-order valence-electron chi connectivity index (χ4n) is 2.70. The number of anilines is 1. The Kier molecular flexibility index (Phi) is 5.17. The Labute approximate surface area is 149 Å². The molecule has 1 aromatic heterocycles. The molecule has 0 N–H and O–H groups in total. The first kappa shape index (κ1) is 17.5. The van der Waals surface area contributed by atoms with Crippen LogP contribution in [0.2, 0.25) is 0 Å². The highest BCUT2D eigenvalue weighted by atomic mass is 16.5. The molecule has 0 aliphatic carbocycles. The lowest BCUT2D eigenvalue weighted by Gasteiger charge is -2.22. The molecule has 2 aromatic carbocycles. The van der Waals surface area contributed by atoms with Crippen molar-refractivity contribution in [1.82, 2.24) is 4.57 Å². The second-order valence-electron chi connectivity index (χ2n) is 5.63. The van der Waals surface area contributed by atoms with Gasteiger partial charge in [0.15, 0.2) is 5.58 Å². The Hall–Kier alpha value is -3.35. The van der Waals surface area contributed by atoms with Crippen molar-refractivity contribution >= 4 is 28.7 Å². The minimum atomic E-state index is -0.597. The summed E-state index contributed by atoms with van der Waals surface area (Å²) in [5.41, 5.74) is 1.61. The van der Waals surface area contributed by atoms with Crippen LogP contribution in [0.25, 0.3) is 11.1 Å². The van der Waals surface area contributed by atoms with Crippen LogP contribution < -0.4 is 10.7 Å². The average Bonchev–Trinajstić information content (AvgIpc) is 2.98. The second kappa shape index (κ2) is 7.69. The number of hydrogen-bond donors (Lipinski definition) is 0. The number of methoxy groups -OCH3 is 1. The molecule has 134 valence electrons. The van der Waals surface area contributed by atoms with Gasteiger partial charge in [0.2, 0.25) is 5.91 Å². The number of rotatable bonds is 6. The zero-order valence-electron chi connectivity index (χ0n) is 14.3. The highest BCUT2D eigenvalue weighted by Crippen LogP contribution is 2.16. The standard InChI is InChI=1S/C19H18N2O5/c1-25-18(23)11-12-20(14-7-3-2-4-8-14)17(22)13-21-15-9-5-6-10-16(15)26-19(21)24/h2-10H,11-13H2,1H3. The van der Waals surface area contributed by atoms with Crippen molar-refractivity contribution in [2.75, 3.05) is 18.6 Å². The van der Waals surface area contributed by atoms with Crippen LogP contribution in [0.15, 0.2) is 63.8 Å². The summed E-state index contributed by atoms with van der Waals surface area (Å²) in [5.74, 6) is -1.33. The van der Waals surface area contributed by atoms with E-state index in [4.69, 9.17) is 4.42 Å². The molecule has 0 spiro atoms. The number of ether oxygens (including phenoxy) is 1. The van der Waals surface area contributed by atoms with E-state index in [1.165, 1.54) is 16.6 Å². The van der Waals surface area contributed by atoms with Gasteiger partial charge in [0.1, 0.15) is 6.54 Å². The van der Waals surface area contributed by atoms with E-state index in [0.29, 0.717) is 16.8 Å². The molecule has 26 heavy (non-hydrogen) atoms. The minimum Gasteiger partial charge on any atom is -0.469 e. The molecule has 7 nitrogen and oxygen atoms in total. The van der Waals surface area contributed by atoms with E-state index < -0.39 is 11.7 Å². The molecule has 7 heteroatoms. The molecule has 1 amide bonds. The van der Waals surface area contributed by atoms with Crippen molar-refractivity contribution in [3.05, 3.63) is 65.1 Å². The summed E-state index contributed by atoms with van der Waals surface area (Å²) in [4.78, 5) is 37.9. The molecule has 0 radical (unpaired) electrons. The second-order valence-corrected chi connectivity index (χ2v) is 5.63. The number of aromatic nitrogens is 1. The van der Waals surface area contributed by atoms with Crippen LogP contribution in [0, 0.1) is 0 Å². The lowest BCUT2D eigenvalue weighted by molar-refractivity contribution is -0.140. The van der Waals surface area contributed by atoms with Crippen molar-refractivity contribution in [2.24, 2.45) is 0 Å². The largest absolute Gasteiger partial charge is 0.469 e. The van der Waals surface area contributed by atoms with Gasteiger partial charge in [-0.25, -0.2) is 4.79 Å². The van der Waals surface area contributed by atoms with E-state index >= 15 is 0 Å². The molecule has 0 aliphatic rings. The maximum absolute atomic E-state index is 12.9. The number of hydrogen-bond acceptors (Lipinski definition) is 5. The van der Waals surface area contributed by atoms with Gasteiger partial charge in [0, 0.05) is 12.2 Å². The van der Waals surface area contributed by atoms with Crippen molar-refractivity contribution in [2.45, 2.75) is 13.0 Å².